The minimum atomic E-state index is -5.08. The summed E-state index contributed by atoms with van der Waals surface area (Å²) >= 11 is 0. The number of nitrogen functional groups attached to an aromatic ring is 1. The van der Waals surface area contributed by atoms with Gasteiger partial charge in [0.05, 0.1) is 18.8 Å². The van der Waals surface area contributed by atoms with Crippen molar-refractivity contribution in [2.75, 3.05) is 31.5 Å². The number of nitrogens with zero attached hydrogens (tertiary/aromatic N) is 2. The van der Waals surface area contributed by atoms with Crippen LogP contribution in [0.15, 0.2) is 103 Å². The number of piperazine rings is 1. The van der Waals surface area contributed by atoms with Gasteiger partial charge < -0.3 is 32.1 Å². The van der Waals surface area contributed by atoms with Crippen LogP contribution in [0.4, 0.5) is 18.9 Å². The van der Waals surface area contributed by atoms with Gasteiger partial charge in [-0.05, 0) is 60.2 Å². The summed E-state index contributed by atoms with van der Waals surface area (Å²) in [6.07, 6.45) is -5.06. The molecular weight excluding hydrogens is 896 g/mol. The molecule has 6 bridgehead atoms. The molecule has 2 unspecified atom stereocenters. The Balaban J connectivity index is 0.00000111. The molecule has 0 spiro atoms. The SMILES string of the molecule is C[C@H]1CN2CC(=O)Nc3ccc(cc3)C[C@@H](C(=O)NCc3ccc(C(=N)N)cc3)NC(=O)[C@H](NS(=O)(=O)Cc3ccccc3)Cc3ccc(cc3)CNC(=O)CN1C[C@@H]2C.O=C(O)C(F)(F)F. The second-order valence-electron chi connectivity index (χ2n) is 16.4. The highest BCUT2D eigenvalue weighted by molar-refractivity contribution is 7.88. The molecule has 358 valence electrons. The molecule has 10 rings (SSSR count). The van der Waals surface area contributed by atoms with Crippen LogP contribution in [0, 0.1) is 5.41 Å². The van der Waals surface area contributed by atoms with Crippen molar-refractivity contribution in [2.24, 2.45) is 5.73 Å². The van der Waals surface area contributed by atoms with Crippen molar-refractivity contribution in [3.8, 4) is 0 Å². The van der Waals surface area contributed by atoms with Crippen molar-refractivity contribution in [2.45, 2.75) is 75.9 Å². The minimum absolute atomic E-state index is 0.0280. The Labute approximate surface area is 386 Å². The number of hydrogen-bond acceptors (Lipinski definition) is 10. The first-order valence-electron chi connectivity index (χ1n) is 21.2. The Morgan fingerprint density at radius 2 is 1.33 bits per heavy atom. The lowest BCUT2D eigenvalue weighted by molar-refractivity contribution is -0.192. The highest BCUT2D eigenvalue weighted by atomic mass is 32.2. The van der Waals surface area contributed by atoms with Crippen LogP contribution in [-0.2, 0) is 65.7 Å². The minimum Gasteiger partial charge on any atom is -0.475 e. The summed E-state index contributed by atoms with van der Waals surface area (Å²) in [4.78, 5) is 67.6. The first-order chi connectivity index (χ1) is 31.6. The number of anilines is 1. The average molecular weight is 950 g/mol. The number of sulfonamides is 1. The maximum Gasteiger partial charge on any atom is 0.490 e. The maximum atomic E-state index is 14.3. The molecule has 1 fully saturated rings. The molecule has 17 nitrogen and oxygen atoms in total. The van der Waals surface area contributed by atoms with Crippen molar-refractivity contribution < 1.29 is 50.7 Å². The predicted molar refractivity (Wildman–Crippen MR) is 244 cm³/mol. The summed E-state index contributed by atoms with van der Waals surface area (Å²) in [5, 5.41) is 26.4. The number of amides is 4. The fourth-order valence-corrected chi connectivity index (χ4v) is 8.70. The highest BCUT2D eigenvalue weighted by Crippen LogP contribution is 2.18. The number of hydrogen-bond donors (Lipinski definition) is 8. The van der Waals surface area contributed by atoms with Gasteiger partial charge in [0.1, 0.15) is 17.9 Å². The van der Waals surface area contributed by atoms with E-state index in [0.29, 0.717) is 41.0 Å². The summed E-state index contributed by atoms with van der Waals surface area (Å²) < 4.78 is 61.5. The average Bonchev–Trinajstić information content (AvgIpc) is 3.27. The molecule has 6 aliphatic rings. The molecule has 9 N–H and O–H groups in total. The molecule has 67 heavy (non-hydrogen) atoms. The molecule has 0 radical (unpaired) electrons. The molecular formula is C46H54F3N9O8S. The summed E-state index contributed by atoms with van der Waals surface area (Å²) in [6.45, 7) is 6.09. The van der Waals surface area contributed by atoms with Gasteiger partial charge >= 0.3 is 12.1 Å². The molecule has 0 aromatic heterocycles. The van der Waals surface area contributed by atoms with E-state index in [1.54, 1.807) is 91.0 Å². The third-order valence-corrected chi connectivity index (χ3v) is 12.4. The molecule has 1 saturated heterocycles. The number of halogens is 3. The molecule has 6 aliphatic heterocycles. The van der Waals surface area contributed by atoms with Crippen molar-refractivity contribution in [3.05, 3.63) is 137 Å². The van der Waals surface area contributed by atoms with Crippen LogP contribution >= 0.6 is 0 Å². The van der Waals surface area contributed by atoms with Crippen molar-refractivity contribution in [1.29, 1.82) is 5.41 Å². The number of benzene rings is 4. The quantitative estimate of drug-likeness (QED) is 0.0942. The second kappa shape index (κ2) is 23.2. The van der Waals surface area contributed by atoms with Crippen LogP contribution < -0.4 is 31.7 Å². The lowest BCUT2D eigenvalue weighted by Crippen LogP contribution is -2.59. The zero-order valence-corrected chi connectivity index (χ0v) is 37.6. The Morgan fingerprint density at radius 3 is 1.90 bits per heavy atom. The van der Waals surface area contributed by atoms with Crippen LogP contribution in [0.3, 0.4) is 0 Å². The van der Waals surface area contributed by atoms with E-state index in [0.717, 1.165) is 11.1 Å². The van der Waals surface area contributed by atoms with E-state index in [4.69, 9.17) is 21.0 Å². The van der Waals surface area contributed by atoms with E-state index in [-0.39, 0.29) is 74.5 Å². The molecule has 4 amide bonds. The fourth-order valence-electron chi connectivity index (χ4n) is 7.36. The van der Waals surface area contributed by atoms with Crippen LogP contribution in [0.5, 0.6) is 0 Å². The summed E-state index contributed by atoms with van der Waals surface area (Å²) in [5.74, 6) is -4.73. The lowest BCUT2D eigenvalue weighted by Gasteiger charge is -2.43. The molecule has 0 aliphatic carbocycles. The van der Waals surface area contributed by atoms with Gasteiger partial charge in [-0.2, -0.15) is 13.2 Å². The topological polar surface area (TPSA) is 256 Å². The number of carboxylic acids is 1. The van der Waals surface area contributed by atoms with Crippen molar-refractivity contribution >= 4 is 51.1 Å². The number of carboxylic acid groups (broad SMARTS) is 1. The molecule has 21 heteroatoms. The molecule has 6 heterocycles. The molecule has 4 aromatic rings. The van der Waals surface area contributed by atoms with Gasteiger partial charge in [-0.1, -0.05) is 91.0 Å². The van der Waals surface area contributed by atoms with Gasteiger partial charge in [-0.15, -0.1) is 0 Å². The zero-order chi connectivity index (χ0) is 48.9. The molecule has 6 atom stereocenters. The second-order valence-corrected chi connectivity index (χ2v) is 18.2. The number of fused-ring (bicyclic) bond motifs is 1. The van der Waals surface area contributed by atoms with Crippen LogP contribution in [-0.4, -0.2) is 115 Å². The zero-order valence-electron chi connectivity index (χ0n) is 36.8. The van der Waals surface area contributed by atoms with Crippen LogP contribution in [0.1, 0.15) is 47.2 Å². The third-order valence-electron chi connectivity index (χ3n) is 11.0. The fraction of sp³-hybridized carbons (Fsp3) is 0.348. The lowest BCUT2D eigenvalue weighted by atomic mass is 10.0. The Kier molecular flexibility index (Phi) is 17.7. The number of aliphatic carboxylic acids is 1. The van der Waals surface area contributed by atoms with Gasteiger partial charge in [-0.3, -0.25) is 34.4 Å². The van der Waals surface area contributed by atoms with Gasteiger partial charge in [0.15, 0.2) is 0 Å². The van der Waals surface area contributed by atoms with E-state index < -0.39 is 46.1 Å². The van der Waals surface area contributed by atoms with Gasteiger partial charge in [0.2, 0.25) is 33.7 Å². The summed E-state index contributed by atoms with van der Waals surface area (Å²) in [6, 6.07) is 27.3. The Bertz CT molecular complexity index is 2480. The maximum absolute atomic E-state index is 14.3. The Hall–Kier alpha value is -6.68. The number of carbonyl (C=O) groups is 5. The Morgan fingerprint density at radius 1 is 0.791 bits per heavy atom. The first-order valence-corrected chi connectivity index (χ1v) is 22.9. The predicted octanol–water partition coefficient (Wildman–Crippen LogP) is 2.64. The van der Waals surface area contributed by atoms with Crippen LogP contribution in [0.25, 0.3) is 0 Å². The van der Waals surface area contributed by atoms with Gasteiger partial charge in [0.25, 0.3) is 0 Å². The summed E-state index contributed by atoms with van der Waals surface area (Å²) in [5.41, 5.74) is 10.1. The molecule has 0 saturated carbocycles. The van der Waals surface area contributed by atoms with Crippen LogP contribution in [0.2, 0.25) is 0 Å². The van der Waals surface area contributed by atoms with Crippen molar-refractivity contribution in [3.63, 3.8) is 0 Å². The van der Waals surface area contributed by atoms with E-state index >= 15 is 0 Å². The van der Waals surface area contributed by atoms with E-state index in [2.05, 4.69) is 35.8 Å². The monoisotopic (exact) mass is 949 g/mol. The van der Waals surface area contributed by atoms with E-state index in [1.807, 2.05) is 26.0 Å². The third kappa shape index (κ3) is 16.3. The summed E-state index contributed by atoms with van der Waals surface area (Å²) in [7, 11) is -4.05. The largest absolute Gasteiger partial charge is 0.490 e. The number of nitrogens with two attached hydrogens (primary N) is 1. The van der Waals surface area contributed by atoms with Crippen molar-refractivity contribution in [1.82, 2.24) is 30.5 Å². The normalized spacial score (nSPS) is 21.8. The van der Waals surface area contributed by atoms with Gasteiger partial charge in [0, 0.05) is 55.9 Å². The standard InChI is InChI=1S/C44H53N9O6S.C2HF3O2/c1-29-25-53-27-41(55)49-37-18-14-32(15-19-37)20-38(43(56)48-23-34-12-16-36(17-13-34)42(45)46)50-44(57)39(51-60(58,59)28-35-6-4-3-5-7-35)21-31-8-10-33(11-9-31)22-47-40(54)26-52(29)24-30(53)2;3-2(4,5)1(6)7/h3-19,29-30,38-39,51H,20-28H2,1-2H3,(H3,45,46)(H,47,54)(H,48,56)(H,49,55)(H,50,57);(H,6,7)/t29-,30-,38-,39+;/m0./s1. The van der Waals surface area contributed by atoms with E-state index in [1.165, 1.54) is 0 Å². The number of carbonyl (C=O) groups excluding carboxylic acids is 4. The highest BCUT2D eigenvalue weighted by Gasteiger charge is 2.38. The number of rotatable bonds is 8. The number of amidine groups is 1. The molecule has 4 aromatic carbocycles. The van der Waals surface area contributed by atoms with Gasteiger partial charge in [-0.25, -0.2) is 17.9 Å². The number of nitrogens with one attached hydrogen (secondary N) is 6. The van der Waals surface area contributed by atoms with E-state index in [9.17, 15) is 40.8 Å². The first kappa shape index (κ1) is 51.3. The number of alkyl halides is 3. The smallest absolute Gasteiger partial charge is 0.475 e.